The fourth-order valence-electron chi connectivity index (χ4n) is 2.17. The Labute approximate surface area is 117 Å². The fraction of sp³-hybridized carbons (Fsp3) is 0.588. The molecule has 0 spiro atoms. The lowest BCUT2D eigenvalue weighted by molar-refractivity contribution is -0.121. The van der Waals surface area contributed by atoms with Crippen LogP contribution in [0.15, 0.2) is 12.1 Å². The molecule has 0 aliphatic heterocycles. The van der Waals surface area contributed by atoms with E-state index >= 15 is 0 Å². The molecule has 2 heteroatoms. The summed E-state index contributed by atoms with van der Waals surface area (Å²) in [5.74, 6) is 1.49. The minimum atomic E-state index is 0.156. The molecule has 0 saturated heterocycles. The molecule has 0 heterocycles. The molecule has 1 aromatic carbocycles. The Bertz CT molecular complexity index is 433. The van der Waals surface area contributed by atoms with Crippen molar-refractivity contribution in [1.29, 1.82) is 0 Å². The molecule has 0 bridgehead atoms. The van der Waals surface area contributed by atoms with Gasteiger partial charge >= 0.3 is 0 Å². The lowest BCUT2D eigenvalue weighted by Gasteiger charge is -2.12. The second-order valence-corrected chi connectivity index (χ2v) is 5.45. The van der Waals surface area contributed by atoms with E-state index in [0.29, 0.717) is 18.8 Å². The summed E-state index contributed by atoms with van der Waals surface area (Å²) in [6.45, 7) is 10.8. The molecule has 106 valence electrons. The van der Waals surface area contributed by atoms with Crippen LogP contribution >= 0.6 is 0 Å². The molecule has 0 N–H and O–H groups in total. The lowest BCUT2D eigenvalue weighted by Crippen LogP contribution is -2.07. The van der Waals surface area contributed by atoms with Crippen molar-refractivity contribution in [3.8, 4) is 5.75 Å². The second-order valence-electron chi connectivity index (χ2n) is 5.45. The molecule has 1 aromatic rings. The molecule has 0 amide bonds. The number of Topliss-reactive ketones (excluding diaryl/α,β-unsaturated/α-hetero) is 1. The van der Waals surface area contributed by atoms with Crippen molar-refractivity contribution < 1.29 is 9.53 Å². The first kappa shape index (κ1) is 15.7. The van der Waals surface area contributed by atoms with E-state index in [4.69, 9.17) is 4.74 Å². The normalized spacial score (nSPS) is 10.8. The van der Waals surface area contributed by atoms with Crippen LogP contribution in [-0.4, -0.2) is 12.4 Å². The summed E-state index contributed by atoms with van der Waals surface area (Å²) in [5.41, 5.74) is 3.76. The Hall–Kier alpha value is -1.31. The number of carbonyl (C=O) groups excluding carboxylic acids is 1. The third-order valence-electron chi connectivity index (χ3n) is 3.45. The summed E-state index contributed by atoms with van der Waals surface area (Å²) in [6.07, 6.45) is 2.59. The first-order valence-electron chi connectivity index (χ1n) is 7.21. The summed E-state index contributed by atoms with van der Waals surface area (Å²) >= 11 is 0. The van der Waals surface area contributed by atoms with Crippen LogP contribution in [0.25, 0.3) is 0 Å². The molecule has 0 saturated carbocycles. The van der Waals surface area contributed by atoms with E-state index in [1.54, 1.807) is 0 Å². The van der Waals surface area contributed by atoms with Crippen molar-refractivity contribution in [3.05, 3.63) is 28.8 Å². The first-order valence-corrected chi connectivity index (χ1v) is 7.21. The van der Waals surface area contributed by atoms with Crippen molar-refractivity contribution in [1.82, 2.24) is 0 Å². The van der Waals surface area contributed by atoms with Crippen molar-refractivity contribution in [2.24, 2.45) is 5.92 Å². The van der Waals surface area contributed by atoms with Crippen molar-refractivity contribution in [3.63, 3.8) is 0 Å². The number of rotatable bonds is 7. The Kier molecular flexibility index (Phi) is 6.07. The van der Waals surface area contributed by atoms with E-state index < -0.39 is 0 Å². The second kappa shape index (κ2) is 7.32. The van der Waals surface area contributed by atoms with E-state index in [2.05, 4.69) is 26.0 Å². The number of aryl methyl sites for hydroxylation is 3. The number of hydrogen-bond donors (Lipinski definition) is 0. The van der Waals surface area contributed by atoms with Gasteiger partial charge in [0.15, 0.2) is 0 Å². The average molecular weight is 262 g/mol. The third-order valence-corrected chi connectivity index (χ3v) is 3.45. The highest BCUT2D eigenvalue weighted by molar-refractivity contribution is 5.80. The minimum Gasteiger partial charge on any atom is -0.494 e. The minimum absolute atomic E-state index is 0.156. The molecular formula is C17H26O2. The predicted octanol–water partition coefficient (Wildman–Crippen LogP) is 4.25. The summed E-state index contributed by atoms with van der Waals surface area (Å²) in [7, 11) is 0. The first-order chi connectivity index (χ1) is 8.95. The number of ketones is 1. The van der Waals surface area contributed by atoms with Crippen LogP contribution in [0.5, 0.6) is 5.75 Å². The van der Waals surface area contributed by atoms with Crippen molar-refractivity contribution in [2.45, 2.75) is 53.9 Å². The van der Waals surface area contributed by atoms with Crippen molar-refractivity contribution in [2.75, 3.05) is 6.61 Å². The largest absolute Gasteiger partial charge is 0.494 e. The third kappa shape index (κ3) is 4.70. The van der Waals surface area contributed by atoms with Crippen LogP contribution in [0.1, 0.15) is 50.3 Å². The Morgan fingerprint density at radius 1 is 1.21 bits per heavy atom. The monoisotopic (exact) mass is 262 g/mol. The molecule has 0 atom stereocenters. The Balaban J connectivity index is 2.64. The van der Waals surface area contributed by atoms with Gasteiger partial charge in [-0.15, -0.1) is 0 Å². The van der Waals surface area contributed by atoms with E-state index in [-0.39, 0.29) is 5.92 Å². The number of benzene rings is 1. The quantitative estimate of drug-likeness (QED) is 0.734. The molecule has 0 aliphatic rings. The molecular weight excluding hydrogens is 236 g/mol. The van der Waals surface area contributed by atoms with Gasteiger partial charge in [0, 0.05) is 12.3 Å². The van der Waals surface area contributed by atoms with Gasteiger partial charge in [-0.1, -0.05) is 19.9 Å². The van der Waals surface area contributed by atoms with E-state index in [1.165, 1.54) is 16.7 Å². The Morgan fingerprint density at radius 3 is 2.47 bits per heavy atom. The van der Waals surface area contributed by atoms with Gasteiger partial charge < -0.3 is 4.74 Å². The predicted molar refractivity (Wildman–Crippen MR) is 79.9 cm³/mol. The van der Waals surface area contributed by atoms with Gasteiger partial charge in [0.1, 0.15) is 11.5 Å². The highest BCUT2D eigenvalue weighted by Crippen LogP contribution is 2.24. The zero-order chi connectivity index (χ0) is 14.4. The summed E-state index contributed by atoms with van der Waals surface area (Å²) in [6, 6.07) is 4.30. The van der Waals surface area contributed by atoms with Gasteiger partial charge in [0.25, 0.3) is 0 Å². The van der Waals surface area contributed by atoms with Crippen LogP contribution in [0.4, 0.5) is 0 Å². The van der Waals surface area contributed by atoms with Gasteiger partial charge in [-0.05, 0) is 56.4 Å². The van der Waals surface area contributed by atoms with Crippen LogP contribution in [0, 0.1) is 19.8 Å². The molecule has 0 fully saturated rings. The van der Waals surface area contributed by atoms with E-state index in [9.17, 15) is 4.79 Å². The highest BCUT2D eigenvalue weighted by Gasteiger charge is 2.09. The smallest absolute Gasteiger partial charge is 0.135 e. The topological polar surface area (TPSA) is 26.3 Å². The number of carbonyl (C=O) groups is 1. The highest BCUT2D eigenvalue weighted by atomic mass is 16.5. The summed E-state index contributed by atoms with van der Waals surface area (Å²) in [5, 5.41) is 0. The maximum absolute atomic E-state index is 11.6. The molecule has 2 nitrogen and oxygen atoms in total. The number of ether oxygens (including phenoxy) is 1. The Morgan fingerprint density at radius 2 is 1.89 bits per heavy atom. The van der Waals surface area contributed by atoms with Gasteiger partial charge in [-0.2, -0.15) is 0 Å². The molecule has 0 radical (unpaired) electrons. The van der Waals surface area contributed by atoms with E-state index in [0.717, 1.165) is 18.6 Å². The zero-order valence-electron chi connectivity index (χ0n) is 12.9. The van der Waals surface area contributed by atoms with Gasteiger partial charge in [0.05, 0.1) is 6.61 Å². The maximum atomic E-state index is 11.6. The molecule has 0 aliphatic carbocycles. The fourth-order valence-corrected chi connectivity index (χ4v) is 2.17. The SMILES string of the molecule is CCOc1cc(C)c(CCCC(=O)C(C)C)cc1C. The van der Waals surface area contributed by atoms with Gasteiger partial charge in [0.2, 0.25) is 0 Å². The van der Waals surface area contributed by atoms with Crippen LogP contribution in [-0.2, 0) is 11.2 Å². The van der Waals surface area contributed by atoms with Gasteiger partial charge in [-0.3, -0.25) is 4.79 Å². The zero-order valence-corrected chi connectivity index (χ0v) is 12.9. The molecule has 0 aromatic heterocycles. The summed E-state index contributed by atoms with van der Waals surface area (Å²) in [4.78, 5) is 11.6. The van der Waals surface area contributed by atoms with Crippen LogP contribution < -0.4 is 4.74 Å². The molecule has 1 rings (SSSR count). The molecule has 0 unspecified atom stereocenters. The van der Waals surface area contributed by atoms with Crippen molar-refractivity contribution >= 4 is 5.78 Å². The summed E-state index contributed by atoms with van der Waals surface area (Å²) < 4.78 is 5.59. The number of hydrogen-bond acceptors (Lipinski definition) is 2. The molecule has 19 heavy (non-hydrogen) atoms. The maximum Gasteiger partial charge on any atom is 0.135 e. The average Bonchev–Trinajstić information content (AvgIpc) is 2.35. The van der Waals surface area contributed by atoms with E-state index in [1.807, 2.05) is 20.8 Å². The standard InChI is InChI=1S/C17H26O2/c1-6-19-17-11-13(4)15(10-14(17)5)8-7-9-16(18)12(2)3/h10-12H,6-9H2,1-5H3. The lowest BCUT2D eigenvalue weighted by atomic mass is 9.97. The van der Waals surface area contributed by atoms with Crippen LogP contribution in [0.2, 0.25) is 0 Å². The van der Waals surface area contributed by atoms with Gasteiger partial charge in [-0.25, -0.2) is 0 Å². The van der Waals surface area contributed by atoms with Crippen LogP contribution in [0.3, 0.4) is 0 Å².